The van der Waals surface area contributed by atoms with Crippen molar-refractivity contribution in [3.8, 4) is 5.69 Å². The summed E-state index contributed by atoms with van der Waals surface area (Å²) in [5, 5.41) is 4.48. The van der Waals surface area contributed by atoms with Gasteiger partial charge >= 0.3 is 0 Å². The van der Waals surface area contributed by atoms with E-state index in [2.05, 4.69) is 16.7 Å². The number of nitrogens with zero attached hydrogens (tertiary/aromatic N) is 3. The second kappa shape index (κ2) is 4.78. The van der Waals surface area contributed by atoms with Crippen LogP contribution in [0.15, 0.2) is 53.8 Å². The van der Waals surface area contributed by atoms with Gasteiger partial charge in [-0.2, -0.15) is 5.10 Å². The van der Waals surface area contributed by atoms with Crippen molar-refractivity contribution in [2.24, 2.45) is 4.99 Å². The molecule has 0 atom stereocenters. The third kappa shape index (κ3) is 2.69. The van der Waals surface area contributed by atoms with Crippen molar-refractivity contribution in [3.05, 3.63) is 60.1 Å². The minimum absolute atomic E-state index is 0.777. The number of aromatic nitrogens is 2. The summed E-state index contributed by atoms with van der Waals surface area (Å²) in [6.45, 7) is 7.61. The number of allylic oxidation sites excluding steroid dienone is 1. The van der Waals surface area contributed by atoms with Crippen LogP contribution in [0.5, 0.6) is 0 Å². The molecule has 0 N–H and O–H groups in total. The van der Waals surface area contributed by atoms with Gasteiger partial charge in [-0.1, -0.05) is 24.8 Å². The van der Waals surface area contributed by atoms with Crippen molar-refractivity contribution < 1.29 is 0 Å². The highest BCUT2D eigenvalue weighted by Gasteiger charge is 2.03. The molecule has 2 aromatic rings. The highest BCUT2D eigenvalue weighted by molar-refractivity contribution is 5.79. The molecule has 0 unspecified atom stereocenters. The second-order valence-corrected chi connectivity index (χ2v) is 3.97. The quantitative estimate of drug-likeness (QED) is 0.738. The lowest BCUT2D eigenvalue weighted by Crippen LogP contribution is -1.95. The summed E-state index contributed by atoms with van der Waals surface area (Å²) in [7, 11) is 0. The van der Waals surface area contributed by atoms with Crippen molar-refractivity contribution >= 4 is 6.21 Å². The van der Waals surface area contributed by atoms with Crippen LogP contribution in [0.2, 0.25) is 0 Å². The molecule has 0 saturated carbocycles. The van der Waals surface area contributed by atoms with Crippen molar-refractivity contribution in [1.82, 2.24) is 9.78 Å². The maximum absolute atomic E-state index is 4.48. The highest BCUT2D eigenvalue weighted by atomic mass is 15.3. The van der Waals surface area contributed by atoms with E-state index in [-0.39, 0.29) is 0 Å². The third-order valence-corrected chi connectivity index (χ3v) is 2.36. The van der Waals surface area contributed by atoms with Crippen molar-refractivity contribution in [3.63, 3.8) is 0 Å². The summed E-state index contributed by atoms with van der Waals surface area (Å²) in [6, 6.07) is 10.0. The molecule has 17 heavy (non-hydrogen) atoms. The largest absolute Gasteiger partial charge is 0.260 e. The van der Waals surface area contributed by atoms with Crippen molar-refractivity contribution in [2.45, 2.75) is 13.8 Å². The first-order chi connectivity index (χ1) is 8.16. The van der Waals surface area contributed by atoms with E-state index >= 15 is 0 Å². The van der Waals surface area contributed by atoms with E-state index in [0.717, 1.165) is 22.6 Å². The van der Waals surface area contributed by atoms with E-state index in [4.69, 9.17) is 0 Å². The van der Waals surface area contributed by atoms with Gasteiger partial charge in [0.15, 0.2) is 0 Å². The summed E-state index contributed by atoms with van der Waals surface area (Å²) < 4.78 is 1.86. The van der Waals surface area contributed by atoms with Gasteiger partial charge < -0.3 is 0 Å². The molecule has 0 aliphatic heterocycles. The first kappa shape index (κ1) is 11.3. The molecule has 1 heterocycles. The van der Waals surface area contributed by atoms with Crippen LogP contribution in [-0.4, -0.2) is 16.0 Å². The summed E-state index contributed by atoms with van der Waals surface area (Å²) >= 11 is 0. The number of rotatable bonds is 3. The second-order valence-electron chi connectivity index (χ2n) is 3.97. The van der Waals surface area contributed by atoms with Gasteiger partial charge in [0.25, 0.3) is 0 Å². The van der Waals surface area contributed by atoms with Crippen LogP contribution in [0.1, 0.15) is 18.2 Å². The van der Waals surface area contributed by atoms with Gasteiger partial charge in [0.1, 0.15) is 5.69 Å². The van der Waals surface area contributed by atoms with Gasteiger partial charge in [0.05, 0.1) is 11.9 Å². The minimum atomic E-state index is 0.777. The van der Waals surface area contributed by atoms with Crippen LogP contribution in [0.3, 0.4) is 0 Å². The Hall–Kier alpha value is -2.16. The summed E-state index contributed by atoms with van der Waals surface area (Å²) in [4.78, 5) is 4.17. The number of hydrogen-bond donors (Lipinski definition) is 0. The van der Waals surface area contributed by atoms with Gasteiger partial charge in [0.2, 0.25) is 0 Å². The van der Waals surface area contributed by atoms with Crippen LogP contribution >= 0.6 is 0 Å². The Morgan fingerprint density at radius 2 is 2.06 bits per heavy atom. The van der Waals surface area contributed by atoms with Crippen LogP contribution < -0.4 is 0 Å². The Morgan fingerprint density at radius 1 is 1.35 bits per heavy atom. The third-order valence-electron chi connectivity index (χ3n) is 2.36. The van der Waals surface area contributed by atoms with Crippen LogP contribution in [0, 0.1) is 6.92 Å². The molecule has 1 aromatic heterocycles. The molecule has 3 heteroatoms. The zero-order valence-corrected chi connectivity index (χ0v) is 10.1. The average molecular weight is 225 g/mol. The summed E-state index contributed by atoms with van der Waals surface area (Å²) in [5.41, 5.74) is 3.79. The zero-order valence-electron chi connectivity index (χ0n) is 10.1. The number of hydrogen-bond acceptors (Lipinski definition) is 2. The maximum Gasteiger partial charge on any atom is 0.107 e. The molecular weight excluding hydrogens is 210 g/mol. The number of aryl methyl sites for hydroxylation is 1. The fraction of sp³-hybridized carbons (Fsp3) is 0.143. The fourth-order valence-electron chi connectivity index (χ4n) is 1.49. The molecule has 0 aliphatic carbocycles. The summed E-state index contributed by atoms with van der Waals surface area (Å²) in [6.07, 6.45) is 3.74. The molecule has 0 radical (unpaired) electrons. The van der Waals surface area contributed by atoms with Crippen LogP contribution in [0.4, 0.5) is 0 Å². The smallest absolute Gasteiger partial charge is 0.107 e. The number of para-hydroxylation sites is 1. The minimum Gasteiger partial charge on any atom is -0.260 e. The van der Waals surface area contributed by atoms with Gasteiger partial charge in [-0.15, -0.1) is 0 Å². The van der Waals surface area contributed by atoms with Crippen LogP contribution in [0.25, 0.3) is 5.69 Å². The van der Waals surface area contributed by atoms with Gasteiger partial charge in [-0.25, -0.2) is 4.68 Å². The van der Waals surface area contributed by atoms with Gasteiger partial charge in [0, 0.05) is 11.9 Å². The van der Waals surface area contributed by atoms with E-state index in [1.807, 2.05) is 55.1 Å². The molecule has 0 fully saturated rings. The Labute approximate surface area is 101 Å². The molecule has 1 aromatic carbocycles. The zero-order chi connectivity index (χ0) is 12.3. The van der Waals surface area contributed by atoms with Crippen molar-refractivity contribution in [1.29, 1.82) is 0 Å². The van der Waals surface area contributed by atoms with Crippen molar-refractivity contribution in [2.75, 3.05) is 0 Å². The first-order valence-electron chi connectivity index (χ1n) is 5.48. The summed E-state index contributed by atoms with van der Waals surface area (Å²) in [5.74, 6) is 0. The predicted octanol–water partition coefficient (Wildman–Crippen LogP) is 3.13. The van der Waals surface area contributed by atoms with E-state index in [9.17, 15) is 0 Å². The standard InChI is InChI=1S/C14H15N3/c1-11(2)15-9-14-12(3)10-17(16-14)13-7-5-4-6-8-13/h4-10H,1H2,2-3H3. The molecule has 0 bridgehead atoms. The van der Waals surface area contributed by atoms with E-state index in [1.165, 1.54) is 0 Å². The molecule has 0 spiro atoms. The number of benzene rings is 1. The van der Waals surface area contributed by atoms with Gasteiger partial charge in [-0.3, -0.25) is 4.99 Å². The molecule has 2 rings (SSSR count). The van der Waals surface area contributed by atoms with E-state index in [0.29, 0.717) is 0 Å². The van der Waals surface area contributed by atoms with Gasteiger partial charge in [-0.05, 0) is 31.5 Å². The average Bonchev–Trinajstić information content (AvgIpc) is 2.69. The number of aliphatic imine (C=N–C) groups is 1. The molecule has 0 amide bonds. The Morgan fingerprint density at radius 3 is 2.71 bits per heavy atom. The molecule has 86 valence electrons. The SMILES string of the molecule is C=C(C)N=Cc1nn(-c2ccccc2)cc1C. The van der Waals surface area contributed by atoms with E-state index < -0.39 is 0 Å². The normalized spacial score (nSPS) is 10.9. The highest BCUT2D eigenvalue weighted by Crippen LogP contribution is 2.10. The molecule has 0 aliphatic rings. The lowest BCUT2D eigenvalue weighted by atomic mass is 10.3. The molecule has 3 nitrogen and oxygen atoms in total. The fourth-order valence-corrected chi connectivity index (χ4v) is 1.49. The lowest BCUT2D eigenvalue weighted by molar-refractivity contribution is 0.877. The molecular formula is C14H15N3. The maximum atomic E-state index is 4.48. The Bertz CT molecular complexity index is 550. The topological polar surface area (TPSA) is 30.2 Å². The monoisotopic (exact) mass is 225 g/mol. The predicted molar refractivity (Wildman–Crippen MR) is 70.7 cm³/mol. The molecule has 0 saturated heterocycles. The van der Waals surface area contributed by atoms with Crippen LogP contribution in [-0.2, 0) is 0 Å². The Kier molecular flexibility index (Phi) is 3.19. The van der Waals surface area contributed by atoms with E-state index in [1.54, 1.807) is 6.21 Å². The first-order valence-corrected chi connectivity index (χ1v) is 5.48. The Balaban J connectivity index is 2.34. The lowest BCUT2D eigenvalue weighted by Gasteiger charge is -1.98.